The first kappa shape index (κ1) is 32.7. The molecule has 6 unspecified atom stereocenters. The number of halogens is 1. The number of hydrogen-bond donors (Lipinski definition) is 1. The number of rotatable bonds is 6. The molecule has 8 rings (SSSR count). The van der Waals surface area contributed by atoms with Gasteiger partial charge in [0.1, 0.15) is 11.5 Å². The fourth-order valence-electron chi connectivity index (χ4n) is 9.21. The van der Waals surface area contributed by atoms with Crippen molar-refractivity contribution in [2.45, 2.75) is 46.5 Å². The van der Waals surface area contributed by atoms with Gasteiger partial charge in [-0.15, -0.1) is 11.3 Å². The number of anilines is 1. The van der Waals surface area contributed by atoms with Gasteiger partial charge in [0.05, 0.1) is 34.7 Å². The summed E-state index contributed by atoms with van der Waals surface area (Å²) in [7, 11) is 1.72. The Morgan fingerprint density at radius 1 is 1.06 bits per heavy atom. The minimum absolute atomic E-state index is 0.103. The number of para-hydroxylation sites is 1. The molecule has 3 fully saturated rings. The molecule has 2 saturated heterocycles. The molecule has 1 saturated carbocycles. The van der Waals surface area contributed by atoms with Crippen LogP contribution in [0.4, 0.5) is 5.82 Å². The summed E-state index contributed by atoms with van der Waals surface area (Å²) in [5.41, 5.74) is 1.57. The Balaban J connectivity index is 1.27. The van der Waals surface area contributed by atoms with Crippen molar-refractivity contribution >= 4 is 62.5 Å². The first-order valence-electron chi connectivity index (χ1n) is 17.0. The summed E-state index contributed by atoms with van der Waals surface area (Å²) in [6.45, 7) is 8.01. The summed E-state index contributed by atoms with van der Waals surface area (Å²) >= 11 is 7.87. The molecule has 0 radical (unpaired) electrons. The number of imide groups is 2. The number of allylic oxidation sites excluding steroid dienone is 2. The quantitative estimate of drug-likeness (QED) is 0.176. The monoisotopic (exact) mass is 712 g/mol. The number of fused-ring (bicyclic) bond motifs is 5. The highest BCUT2D eigenvalue weighted by molar-refractivity contribution is 7.22. The summed E-state index contributed by atoms with van der Waals surface area (Å²) in [5, 5.41) is 18.1. The van der Waals surface area contributed by atoms with Crippen molar-refractivity contribution in [3.05, 3.63) is 70.3 Å². The molecular formula is C38H37ClN4O6S. The van der Waals surface area contributed by atoms with Gasteiger partial charge in [0.15, 0.2) is 11.5 Å². The lowest BCUT2D eigenvalue weighted by atomic mass is 9.51. The third kappa shape index (κ3) is 4.35. The Hall–Kier alpha value is -4.48. The molecule has 2 aromatic carbocycles. The summed E-state index contributed by atoms with van der Waals surface area (Å²) in [6, 6.07) is 12.7. The number of aryl methyl sites for hydroxylation is 2. The van der Waals surface area contributed by atoms with E-state index in [9.17, 15) is 19.5 Å². The number of ether oxygens (including phenoxy) is 1. The van der Waals surface area contributed by atoms with Crippen molar-refractivity contribution in [2.24, 2.45) is 36.1 Å². The molecule has 4 heterocycles. The van der Waals surface area contributed by atoms with Crippen molar-refractivity contribution in [1.82, 2.24) is 14.7 Å². The molecular weight excluding hydrogens is 676 g/mol. The zero-order valence-corrected chi connectivity index (χ0v) is 30.0. The van der Waals surface area contributed by atoms with Crippen molar-refractivity contribution in [3.63, 3.8) is 0 Å². The molecule has 12 heteroatoms. The van der Waals surface area contributed by atoms with Crippen LogP contribution >= 0.6 is 22.9 Å². The Morgan fingerprint density at radius 3 is 2.58 bits per heavy atom. The molecule has 2 aliphatic carbocycles. The minimum atomic E-state index is -1.32. The lowest BCUT2D eigenvalue weighted by molar-refractivity contribution is -0.140. The highest BCUT2D eigenvalue weighted by Crippen LogP contribution is 2.65. The van der Waals surface area contributed by atoms with E-state index in [1.165, 1.54) is 9.80 Å². The molecule has 1 N–H and O–H groups in total. The normalized spacial score (nSPS) is 27.6. The van der Waals surface area contributed by atoms with Crippen LogP contribution in [0.25, 0.3) is 20.7 Å². The van der Waals surface area contributed by atoms with Gasteiger partial charge in [-0.3, -0.25) is 28.8 Å². The number of carbonyl (C=O) groups is 4. The third-order valence-corrected chi connectivity index (χ3v) is 13.1. The van der Waals surface area contributed by atoms with Crippen LogP contribution in [0.2, 0.25) is 5.02 Å². The SMILES string of the molecule is CCOc1cccc(C2C3=CCC4C(=O)N(CC)C(=O)C4C3CC3C(=O)N(c4cc(-c5sc6ccc(Cl)cc6c5C)nn4C)C(=O)C32C)c1O. The van der Waals surface area contributed by atoms with Gasteiger partial charge in [0.2, 0.25) is 23.6 Å². The van der Waals surface area contributed by atoms with Crippen LogP contribution in [0.5, 0.6) is 11.5 Å². The van der Waals surface area contributed by atoms with Crippen LogP contribution < -0.4 is 9.64 Å². The molecule has 0 spiro atoms. The molecule has 4 aliphatic rings. The van der Waals surface area contributed by atoms with Gasteiger partial charge in [-0.25, -0.2) is 4.90 Å². The van der Waals surface area contributed by atoms with Gasteiger partial charge in [0, 0.05) is 40.9 Å². The number of benzene rings is 2. The van der Waals surface area contributed by atoms with Crippen LogP contribution in [0.1, 0.15) is 50.7 Å². The lowest BCUT2D eigenvalue weighted by Gasteiger charge is -2.49. The van der Waals surface area contributed by atoms with Crippen LogP contribution in [0, 0.1) is 36.0 Å². The minimum Gasteiger partial charge on any atom is -0.504 e. The van der Waals surface area contributed by atoms with E-state index >= 15 is 4.79 Å². The molecule has 4 amide bonds. The number of hydrogen-bond acceptors (Lipinski definition) is 8. The standard InChI is InChI=1S/C38H37ClN4O6S/c1-6-42-34(45)21-13-12-20-24(30(21)36(42)47)16-25-35(46)43(37(48)38(25,4)31(20)22-9-8-10-27(32(22)44)49-7-2)29-17-26(40-41(29)5)33-18(3)23-15-19(39)11-14-28(23)50-33/h8-12,14-15,17,21,24-25,30-31,44H,6-7,13,16H2,1-5H3. The summed E-state index contributed by atoms with van der Waals surface area (Å²) in [4.78, 5) is 60.4. The van der Waals surface area contributed by atoms with E-state index in [1.54, 1.807) is 61.2 Å². The lowest BCUT2D eigenvalue weighted by Crippen LogP contribution is -2.49. The van der Waals surface area contributed by atoms with Crippen LogP contribution in [0.15, 0.2) is 54.1 Å². The first-order valence-corrected chi connectivity index (χ1v) is 18.2. The molecule has 4 aromatic rings. The van der Waals surface area contributed by atoms with Gasteiger partial charge in [-0.1, -0.05) is 35.4 Å². The second-order valence-corrected chi connectivity index (χ2v) is 15.4. The van der Waals surface area contributed by atoms with E-state index in [0.717, 1.165) is 26.1 Å². The topological polar surface area (TPSA) is 122 Å². The van der Waals surface area contributed by atoms with E-state index in [-0.39, 0.29) is 42.2 Å². The number of phenolic OH excluding ortho intramolecular Hbond substituents is 1. The number of aromatic hydroxyl groups is 1. The molecule has 10 nitrogen and oxygen atoms in total. The zero-order valence-electron chi connectivity index (χ0n) is 28.4. The summed E-state index contributed by atoms with van der Waals surface area (Å²) in [5.74, 6) is -3.93. The average molecular weight is 713 g/mol. The third-order valence-electron chi connectivity index (χ3n) is 11.5. The molecule has 2 aromatic heterocycles. The second kappa shape index (κ2) is 11.5. The van der Waals surface area contributed by atoms with Gasteiger partial charge in [0.25, 0.3) is 0 Å². The highest BCUT2D eigenvalue weighted by Gasteiger charge is 2.68. The van der Waals surface area contributed by atoms with Crippen LogP contribution in [0.3, 0.4) is 0 Å². The van der Waals surface area contributed by atoms with Crippen molar-refractivity contribution < 1.29 is 29.0 Å². The molecule has 2 aliphatic heterocycles. The summed E-state index contributed by atoms with van der Waals surface area (Å²) < 4.78 is 8.37. The molecule has 0 bridgehead atoms. The van der Waals surface area contributed by atoms with Crippen LogP contribution in [-0.4, -0.2) is 56.6 Å². The Kier molecular flexibility index (Phi) is 7.54. The largest absolute Gasteiger partial charge is 0.504 e. The Labute approximate surface area is 298 Å². The highest BCUT2D eigenvalue weighted by atomic mass is 35.5. The molecule has 50 heavy (non-hydrogen) atoms. The van der Waals surface area contributed by atoms with Gasteiger partial charge in [-0.05, 0) is 81.7 Å². The maximum Gasteiger partial charge on any atom is 0.242 e. The van der Waals surface area contributed by atoms with Crippen LogP contribution in [-0.2, 0) is 26.2 Å². The number of aromatic nitrogens is 2. The zero-order chi connectivity index (χ0) is 35.4. The number of nitrogens with zero attached hydrogens (tertiary/aromatic N) is 4. The predicted molar refractivity (Wildman–Crippen MR) is 190 cm³/mol. The average Bonchev–Trinajstić information content (AvgIpc) is 3.76. The first-order chi connectivity index (χ1) is 23.9. The molecule has 258 valence electrons. The smallest absolute Gasteiger partial charge is 0.242 e. The van der Waals surface area contributed by atoms with E-state index in [0.29, 0.717) is 35.1 Å². The number of carbonyl (C=O) groups excluding carboxylic acids is 4. The number of likely N-dealkylation sites (tertiary alicyclic amines) is 1. The van der Waals surface area contributed by atoms with E-state index < -0.39 is 40.9 Å². The van der Waals surface area contributed by atoms with Crippen molar-refractivity contribution in [2.75, 3.05) is 18.1 Å². The van der Waals surface area contributed by atoms with E-state index in [4.69, 9.17) is 21.4 Å². The number of thiophene rings is 1. The van der Waals surface area contributed by atoms with Crippen molar-refractivity contribution in [1.29, 1.82) is 0 Å². The van der Waals surface area contributed by atoms with E-state index in [2.05, 4.69) is 0 Å². The predicted octanol–water partition coefficient (Wildman–Crippen LogP) is 6.62. The Morgan fingerprint density at radius 2 is 1.84 bits per heavy atom. The number of phenols is 1. The molecule has 6 atom stereocenters. The van der Waals surface area contributed by atoms with Crippen molar-refractivity contribution in [3.8, 4) is 22.1 Å². The second-order valence-electron chi connectivity index (χ2n) is 13.9. The van der Waals surface area contributed by atoms with E-state index in [1.807, 2.05) is 38.1 Å². The van der Waals surface area contributed by atoms with Gasteiger partial charge < -0.3 is 9.84 Å². The fourth-order valence-corrected chi connectivity index (χ4v) is 10.5. The number of amides is 4. The maximum absolute atomic E-state index is 15.0. The maximum atomic E-state index is 15.0. The summed E-state index contributed by atoms with van der Waals surface area (Å²) in [6.07, 6.45) is 2.55. The Bertz CT molecular complexity index is 2190. The van der Waals surface area contributed by atoms with Gasteiger partial charge >= 0.3 is 0 Å². The fraction of sp³-hybridized carbons (Fsp3) is 0.395. The van der Waals surface area contributed by atoms with Gasteiger partial charge in [-0.2, -0.15) is 5.10 Å².